The van der Waals surface area contributed by atoms with Crippen molar-refractivity contribution in [1.82, 2.24) is 9.80 Å². The molecule has 0 aromatic carbocycles. The summed E-state index contributed by atoms with van der Waals surface area (Å²) in [6, 6.07) is 0.0954. The maximum absolute atomic E-state index is 12.0. The summed E-state index contributed by atoms with van der Waals surface area (Å²) < 4.78 is 5.51. The van der Waals surface area contributed by atoms with Crippen LogP contribution in [0.15, 0.2) is 0 Å². The summed E-state index contributed by atoms with van der Waals surface area (Å²) in [7, 11) is 0. The highest BCUT2D eigenvalue weighted by molar-refractivity contribution is 7.80. The van der Waals surface area contributed by atoms with Crippen molar-refractivity contribution >= 4 is 23.1 Å². The molecule has 0 radical (unpaired) electrons. The van der Waals surface area contributed by atoms with Crippen LogP contribution in [-0.4, -0.2) is 65.1 Å². The average molecular weight is 287 g/mol. The summed E-state index contributed by atoms with van der Waals surface area (Å²) in [4.78, 5) is 16.5. The third-order valence-electron chi connectivity index (χ3n) is 3.26. The van der Waals surface area contributed by atoms with Crippen molar-refractivity contribution in [3.05, 3.63) is 0 Å². The van der Waals surface area contributed by atoms with Crippen molar-refractivity contribution in [1.29, 1.82) is 0 Å². The van der Waals surface area contributed by atoms with Gasteiger partial charge in [-0.05, 0) is 27.7 Å². The van der Waals surface area contributed by atoms with Crippen molar-refractivity contribution in [2.45, 2.75) is 39.3 Å². The average Bonchev–Trinajstić information content (AvgIpc) is 2.34. The van der Waals surface area contributed by atoms with E-state index in [0.29, 0.717) is 18.1 Å². The Bertz CT molecular complexity index is 333. The van der Waals surface area contributed by atoms with Crippen LogP contribution in [-0.2, 0) is 9.53 Å². The molecular weight excluding hydrogens is 262 g/mol. The molecule has 1 amide bonds. The van der Waals surface area contributed by atoms with Crippen LogP contribution in [0.4, 0.5) is 0 Å². The van der Waals surface area contributed by atoms with E-state index < -0.39 is 0 Å². The van der Waals surface area contributed by atoms with E-state index in [1.54, 1.807) is 0 Å². The van der Waals surface area contributed by atoms with Gasteiger partial charge in [-0.15, -0.1) is 0 Å². The van der Waals surface area contributed by atoms with Gasteiger partial charge in [0.1, 0.15) is 6.61 Å². The highest BCUT2D eigenvalue weighted by Crippen LogP contribution is 2.10. The predicted molar refractivity (Wildman–Crippen MR) is 80.1 cm³/mol. The number of hydrogen-bond acceptors (Lipinski definition) is 4. The van der Waals surface area contributed by atoms with Gasteiger partial charge in [0.2, 0.25) is 5.91 Å². The molecule has 1 saturated heterocycles. The highest BCUT2D eigenvalue weighted by Gasteiger charge is 2.25. The molecule has 110 valence electrons. The highest BCUT2D eigenvalue weighted by atomic mass is 32.1. The first-order valence-electron chi connectivity index (χ1n) is 6.66. The van der Waals surface area contributed by atoms with Gasteiger partial charge in [-0.1, -0.05) is 12.2 Å². The summed E-state index contributed by atoms with van der Waals surface area (Å²) in [5, 5.41) is 0. The zero-order valence-electron chi connectivity index (χ0n) is 12.3. The normalized spacial score (nSPS) is 19.3. The molecule has 1 heterocycles. The molecule has 0 aromatic rings. The van der Waals surface area contributed by atoms with Crippen molar-refractivity contribution in [3.63, 3.8) is 0 Å². The fraction of sp³-hybridized carbons (Fsp3) is 0.846. The molecule has 1 fully saturated rings. The lowest BCUT2D eigenvalue weighted by Crippen LogP contribution is -2.54. The van der Waals surface area contributed by atoms with Gasteiger partial charge in [-0.3, -0.25) is 9.69 Å². The number of amides is 1. The Hall–Kier alpha value is -0.720. The molecule has 1 rings (SSSR count). The molecule has 1 atom stereocenters. The van der Waals surface area contributed by atoms with Gasteiger partial charge in [0.05, 0.1) is 16.6 Å². The number of hydrogen-bond donors (Lipinski definition) is 1. The molecule has 0 saturated carbocycles. The molecule has 19 heavy (non-hydrogen) atoms. The van der Waals surface area contributed by atoms with Gasteiger partial charge >= 0.3 is 0 Å². The van der Waals surface area contributed by atoms with Crippen LogP contribution < -0.4 is 5.73 Å². The number of carbonyl (C=O) groups excluding carboxylic acids is 1. The van der Waals surface area contributed by atoms with Crippen LogP contribution >= 0.6 is 12.2 Å². The zero-order valence-corrected chi connectivity index (χ0v) is 13.1. The largest absolute Gasteiger partial charge is 0.392 e. The zero-order chi connectivity index (χ0) is 14.6. The lowest BCUT2D eigenvalue weighted by Gasteiger charge is -2.37. The molecule has 1 aliphatic heterocycles. The first-order chi connectivity index (χ1) is 8.70. The number of carbonyl (C=O) groups is 1. The lowest BCUT2D eigenvalue weighted by atomic mass is 10.2. The summed E-state index contributed by atoms with van der Waals surface area (Å²) in [6.07, 6.45) is 0. The smallest absolute Gasteiger partial charge is 0.248 e. The molecule has 0 bridgehead atoms. The van der Waals surface area contributed by atoms with E-state index in [1.807, 2.05) is 32.6 Å². The molecule has 0 spiro atoms. The maximum Gasteiger partial charge on any atom is 0.248 e. The Balaban J connectivity index is 2.37. The Morgan fingerprint density at radius 1 is 1.32 bits per heavy atom. The molecule has 0 aromatic heterocycles. The van der Waals surface area contributed by atoms with Gasteiger partial charge in [0.15, 0.2) is 0 Å². The molecule has 6 heteroatoms. The van der Waals surface area contributed by atoms with E-state index in [0.717, 1.165) is 13.1 Å². The summed E-state index contributed by atoms with van der Waals surface area (Å²) in [6.45, 7) is 11.0. The second-order valence-electron chi connectivity index (χ2n) is 5.90. The molecule has 0 aliphatic carbocycles. The first kappa shape index (κ1) is 16.3. The summed E-state index contributed by atoms with van der Waals surface area (Å²) >= 11 is 5.00. The Labute approximate surface area is 121 Å². The van der Waals surface area contributed by atoms with Gasteiger partial charge in [-0.2, -0.15) is 0 Å². The number of ether oxygens (including phenoxy) is 1. The lowest BCUT2D eigenvalue weighted by molar-refractivity contribution is -0.142. The van der Waals surface area contributed by atoms with Crippen LogP contribution in [0.5, 0.6) is 0 Å². The second kappa shape index (κ2) is 6.63. The van der Waals surface area contributed by atoms with E-state index in [-0.39, 0.29) is 24.2 Å². The fourth-order valence-corrected chi connectivity index (χ4v) is 2.06. The minimum Gasteiger partial charge on any atom is -0.392 e. The third kappa shape index (κ3) is 5.42. The molecule has 2 N–H and O–H groups in total. The van der Waals surface area contributed by atoms with E-state index in [1.165, 1.54) is 0 Å². The van der Waals surface area contributed by atoms with E-state index >= 15 is 0 Å². The predicted octanol–water partition coefficient (Wildman–Crippen LogP) is 0.620. The molecular formula is C13H25N3O2S. The SMILES string of the molecule is CC(C(N)=S)N1CCN(C(=O)COC(C)(C)C)CC1. The molecule has 1 aliphatic rings. The molecule has 1 unspecified atom stereocenters. The van der Waals surface area contributed by atoms with Crippen molar-refractivity contribution < 1.29 is 9.53 Å². The maximum atomic E-state index is 12.0. The van der Waals surface area contributed by atoms with Crippen LogP contribution in [0.25, 0.3) is 0 Å². The Morgan fingerprint density at radius 2 is 1.84 bits per heavy atom. The van der Waals surface area contributed by atoms with Crippen LogP contribution in [0.2, 0.25) is 0 Å². The Morgan fingerprint density at radius 3 is 2.26 bits per heavy atom. The standard InChI is InChI=1S/C13H25N3O2S/c1-10(12(14)19)15-5-7-16(8-6-15)11(17)9-18-13(2,3)4/h10H,5-9H2,1-4H3,(H2,14,19). The van der Waals surface area contributed by atoms with Crippen molar-refractivity contribution in [2.24, 2.45) is 5.73 Å². The number of rotatable bonds is 4. The monoisotopic (exact) mass is 287 g/mol. The minimum absolute atomic E-state index is 0.0533. The van der Waals surface area contributed by atoms with E-state index in [2.05, 4.69) is 4.90 Å². The van der Waals surface area contributed by atoms with E-state index in [9.17, 15) is 4.79 Å². The quantitative estimate of drug-likeness (QED) is 0.768. The van der Waals surface area contributed by atoms with Gasteiger partial charge in [-0.25, -0.2) is 0 Å². The summed E-state index contributed by atoms with van der Waals surface area (Å²) in [5.41, 5.74) is 5.37. The van der Waals surface area contributed by atoms with Gasteiger partial charge in [0.25, 0.3) is 0 Å². The first-order valence-corrected chi connectivity index (χ1v) is 7.06. The van der Waals surface area contributed by atoms with Crippen molar-refractivity contribution in [2.75, 3.05) is 32.8 Å². The van der Waals surface area contributed by atoms with Gasteiger partial charge < -0.3 is 15.4 Å². The van der Waals surface area contributed by atoms with Crippen LogP contribution in [0.1, 0.15) is 27.7 Å². The topological polar surface area (TPSA) is 58.8 Å². The van der Waals surface area contributed by atoms with Gasteiger partial charge in [0, 0.05) is 26.2 Å². The van der Waals surface area contributed by atoms with Crippen molar-refractivity contribution in [3.8, 4) is 0 Å². The minimum atomic E-state index is -0.280. The van der Waals surface area contributed by atoms with Crippen LogP contribution in [0, 0.1) is 0 Å². The second-order valence-corrected chi connectivity index (χ2v) is 6.37. The number of nitrogens with zero attached hydrogens (tertiary/aromatic N) is 2. The van der Waals surface area contributed by atoms with E-state index in [4.69, 9.17) is 22.7 Å². The number of thiocarbonyl (C=S) groups is 1. The molecule has 5 nitrogen and oxygen atoms in total. The fourth-order valence-electron chi connectivity index (χ4n) is 1.91. The third-order valence-corrected chi connectivity index (χ3v) is 3.60. The van der Waals surface area contributed by atoms with Crippen LogP contribution in [0.3, 0.4) is 0 Å². The number of nitrogens with two attached hydrogens (primary N) is 1. The number of piperazine rings is 1. The Kier molecular flexibility index (Phi) is 5.70. The summed E-state index contributed by atoms with van der Waals surface area (Å²) in [5.74, 6) is 0.0533.